The van der Waals surface area contributed by atoms with Gasteiger partial charge in [-0.3, -0.25) is 4.79 Å². The molecule has 3 nitrogen and oxygen atoms in total. The highest BCUT2D eigenvalue weighted by molar-refractivity contribution is 9.18. The molecule has 4 heteroatoms. The Bertz CT molecular complexity index is 335. The van der Waals surface area contributed by atoms with Crippen LogP contribution in [0, 0.1) is 0 Å². The summed E-state index contributed by atoms with van der Waals surface area (Å²) in [5.74, 6) is 1.31. The smallest absolute Gasteiger partial charge is 0.231 e. The van der Waals surface area contributed by atoms with E-state index in [0.717, 1.165) is 0 Å². The zero-order chi connectivity index (χ0) is 8.55. The first-order chi connectivity index (χ1) is 5.77. The number of carbonyl (C=O) groups excluding carboxylic acids is 1. The molecule has 0 saturated heterocycles. The van der Waals surface area contributed by atoms with Gasteiger partial charge in [0, 0.05) is 5.56 Å². The minimum Gasteiger partial charge on any atom is -0.454 e. The minimum atomic E-state index is -0.152. The lowest BCUT2D eigenvalue weighted by Crippen LogP contribution is -1.93. The Morgan fingerprint density at radius 2 is 2.08 bits per heavy atom. The van der Waals surface area contributed by atoms with Gasteiger partial charge >= 0.3 is 0 Å². The van der Waals surface area contributed by atoms with Crippen molar-refractivity contribution in [3.05, 3.63) is 23.8 Å². The van der Waals surface area contributed by atoms with E-state index >= 15 is 0 Å². The molecule has 0 unspecified atom stereocenters. The molecular weight excluding hydrogens is 224 g/mol. The van der Waals surface area contributed by atoms with E-state index in [4.69, 9.17) is 9.47 Å². The van der Waals surface area contributed by atoms with Gasteiger partial charge in [-0.15, -0.1) is 0 Å². The molecule has 0 fully saturated rings. The monoisotopic (exact) mass is 228 g/mol. The van der Waals surface area contributed by atoms with E-state index < -0.39 is 0 Å². The topological polar surface area (TPSA) is 35.5 Å². The Labute approximate surface area is 77.4 Å². The third-order valence-corrected chi connectivity index (χ3v) is 2.06. The molecule has 0 amide bonds. The lowest BCUT2D eigenvalue weighted by Gasteiger charge is -1.96. The summed E-state index contributed by atoms with van der Waals surface area (Å²) in [6.45, 7) is 0.231. The van der Waals surface area contributed by atoms with Crippen LogP contribution in [0.5, 0.6) is 11.5 Å². The van der Waals surface area contributed by atoms with E-state index in [1.807, 2.05) is 0 Å². The van der Waals surface area contributed by atoms with Crippen LogP contribution in [-0.2, 0) is 0 Å². The molecule has 0 bridgehead atoms. The summed E-state index contributed by atoms with van der Waals surface area (Å²) < 4.78 is 10.0. The van der Waals surface area contributed by atoms with Crippen LogP contribution in [-0.4, -0.2) is 11.5 Å². The zero-order valence-corrected chi connectivity index (χ0v) is 7.63. The predicted octanol–water partition coefficient (Wildman–Crippen LogP) is 1.95. The molecule has 2 rings (SSSR count). The summed E-state index contributed by atoms with van der Waals surface area (Å²) in [6, 6.07) is 5.06. The first kappa shape index (κ1) is 7.61. The number of halogens is 1. The van der Waals surface area contributed by atoms with Crippen molar-refractivity contribution in [1.82, 2.24) is 0 Å². The second-order valence-corrected chi connectivity index (χ2v) is 3.06. The van der Waals surface area contributed by atoms with Crippen LogP contribution in [0.25, 0.3) is 0 Å². The van der Waals surface area contributed by atoms with Gasteiger partial charge in [0.15, 0.2) is 11.5 Å². The van der Waals surface area contributed by atoms with E-state index in [1.54, 1.807) is 18.2 Å². The molecule has 0 atom stereocenters. The summed E-state index contributed by atoms with van der Waals surface area (Å²) in [5.41, 5.74) is 0.569. The molecule has 0 aromatic heterocycles. The van der Waals surface area contributed by atoms with Gasteiger partial charge in [0.2, 0.25) is 11.5 Å². The van der Waals surface area contributed by atoms with Crippen molar-refractivity contribution >= 4 is 20.6 Å². The molecular formula is C8H5BrO3. The van der Waals surface area contributed by atoms with Crippen LogP contribution in [0.2, 0.25) is 0 Å². The molecule has 0 radical (unpaired) electrons. The molecule has 0 aliphatic carbocycles. The van der Waals surface area contributed by atoms with Crippen LogP contribution < -0.4 is 9.47 Å². The van der Waals surface area contributed by atoms with Crippen molar-refractivity contribution in [2.24, 2.45) is 0 Å². The zero-order valence-electron chi connectivity index (χ0n) is 6.04. The fourth-order valence-corrected chi connectivity index (χ4v) is 1.27. The van der Waals surface area contributed by atoms with E-state index in [1.165, 1.54) is 0 Å². The van der Waals surface area contributed by atoms with Gasteiger partial charge in [0.1, 0.15) is 0 Å². The Kier molecular flexibility index (Phi) is 1.77. The maximum absolute atomic E-state index is 10.9. The van der Waals surface area contributed by atoms with Crippen LogP contribution in [0.1, 0.15) is 10.4 Å². The number of rotatable bonds is 1. The van der Waals surface area contributed by atoms with Crippen molar-refractivity contribution in [2.45, 2.75) is 0 Å². The van der Waals surface area contributed by atoms with Crippen LogP contribution in [0.15, 0.2) is 18.2 Å². The third kappa shape index (κ3) is 1.18. The average Bonchev–Trinajstić information content (AvgIpc) is 2.49. The maximum atomic E-state index is 10.9. The minimum absolute atomic E-state index is 0.152. The predicted molar refractivity (Wildman–Crippen MR) is 45.8 cm³/mol. The molecule has 12 heavy (non-hydrogen) atoms. The molecule has 1 aliphatic heterocycles. The molecule has 1 heterocycles. The Morgan fingerprint density at radius 3 is 2.83 bits per heavy atom. The van der Waals surface area contributed by atoms with Crippen LogP contribution >= 0.6 is 15.9 Å². The van der Waals surface area contributed by atoms with Gasteiger partial charge in [-0.2, -0.15) is 0 Å². The molecule has 1 aliphatic rings. The molecule has 62 valence electrons. The van der Waals surface area contributed by atoms with Crippen LogP contribution in [0.4, 0.5) is 0 Å². The highest BCUT2D eigenvalue weighted by Gasteiger charge is 2.14. The third-order valence-electron chi connectivity index (χ3n) is 1.60. The molecule has 0 spiro atoms. The Hall–Kier alpha value is -1.03. The summed E-state index contributed by atoms with van der Waals surface area (Å²) in [5, 5.41) is 0. The first-order valence-corrected chi connectivity index (χ1v) is 4.16. The fraction of sp³-hybridized carbons (Fsp3) is 0.125. The molecule has 0 N–H and O–H groups in total. The highest BCUT2D eigenvalue weighted by atomic mass is 79.9. The standard InChI is InChI=1S/C8H5BrO3/c9-8(10)5-1-2-6-7(3-5)12-4-11-6/h1-3H,4H2. The number of carbonyl (C=O) groups is 1. The SMILES string of the molecule is O=C(Br)c1ccc2c(c1)OCO2. The normalized spacial score (nSPS) is 13.1. The second-order valence-electron chi connectivity index (χ2n) is 2.34. The first-order valence-electron chi connectivity index (χ1n) is 3.37. The summed E-state index contributed by atoms with van der Waals surface area (Å²) in [4.78, 5) is 10.9. The van der Waals surface area contributed by atoms with Gasteiger partial charge in [-0.25, -0.2) is 0 Å². The fourth-order valence-electron chi connectivity index (χ4n) is 1.02. The van der Waals surface area contributed by atoms with E-state index in [2.05, 4.69) is 15.9 Å². The Balaban J connectivity index is 2.45. The summed E-state index contributed by atoms with van der Waals surface area (Å²) in [7, 11) is 0. The lowest BCUT2D eigenvalue weighted by atomic mass is 10.2. The molecule has 1 aromatic rings. The van der Waals surface area contributed by atoms with Gasteiger partial charge in [0.05, 0.1) is 0 Å². The van der Waals surface area contributed by atoms with Crippen molar-refractivity contribution in [3.63, 3.8) is 0 Å². The number of hydrogen-bond donors (Lipinski definition) is 0. The van der Waals surface area contributed by atoms with E-state index in [0.29, 0.717) is 17.1 Å². The van der Waals surface area contributed by atoms with Crippen molar-refractivity contribution in [3.8, 4) is 11.5 Å². The van der Waals surface area contributed by atoms with E-state index in [-0.39, 0.29) is 11.5 Å². The molecule has 1 aromatic carbocycles. The number of hydrogen-bond acceptors (Lipinski definition) is 3. The largest absolute Gasteiger partial charge is 0.454 e. The van der Waals surface area contributed by atoms with E-state index in [9.17, 15) is 4.79 Å². The number of ether oxygens (including phenoxy) is 2. The van der Waals surface area contributed by atoms with Gasteiger partial charge in [-0.05, 0) is 34.1 Å². The lowest BCUT2D eigenvalue weighted by molar-refractivity contribution is 0.109. The van der Waals surface area contributed by atoms with Gasteiger partial charge in [-0.1, -0.05) is 0 Å². The molecule has 0 saturated carbocycles. The summed E-state index contributed by atoms with van der Waals surface area (Å²) in [6.07, 6.45) is 0. The number of benzene rings is 1. The summed E-state index contributed by atoms with van der Waals surface area (Å²) >= 11 is 2.86. The average molecular weight is 229 g/mol. The second kappa shape index (κ2) is 2.79. The van der Waals surface area contributed by atoms with Gasteiger partial charge in [0.25, 0.3) is 0 Å². The van der Waals surface area contributed by atoms with Crippen molar-refractivity contribution < 1.29 is 14.3 Å². The maximum Gasteiger partial charge on any atom is 0.231 e. The quantitative estimate of drug-likeness (QED) is 0.690. The number of fused-ring (bicyclic) bond motifs is 1. The van der Waals surface area contributed by atoms with Crippen molar-refractivity contribution in [2.75, 3.05) is 6.79 Å². The van der Waals surface area contributed by atoms with Gasteiger partial charge < -0.3 is 9.47 Å². The van der Waals surface area contributed by atoms with Crippen LogP contribution in [0.3, 0.4) is 0 Å². The highest BCUT2D eigenvalue weighted by Crippen LogP contribution is 2.32. The van der Waals surface area contributed by atoms with Crippen molar-refractivity contribution in [1.29, 1.82) is 0 Å². The Morgan fingerprint density at radius 1 is 1.33 bits per heavy atom.